The minimum absolute atomic E-state index is 0.111. The van der Waals surface area contributed by atoms with Crippen LogP contribution in [0, 0.1) is 0 Å². The Bertz CT molecular complexity index is 681. The molecule has 26 heavy (non-hydrogen) atoms. The van der Waals surface area contributed by atoms with Crippen LogP contribution in [0.4, 0.5) is 5.95 Å². The molecule has 3 rings (SSSR count). The second-order valence-corrected chi connectivity index (χ2v) is 6.54. The zero-order valence-corrected chi connectivity index (χ0v) is 15.4. The van der Waals surface area contributed by atoms with Crippen LogP contribution in [-0.4, -0.2) is 60.0 Å². The van der Waals surface area contributed by atoms with E-state index in [1.54, 1.807) is 12.4 Å². The molecule has 1 aromatic carbocycles. The summed E-state index contributed by atoms with van der Waals surface area (Å²) in [5.74, 6) is 0.599. The molecule has 138 valence electrons. The molecular weight excluding hydrogens is 326 g/mol. The van der Waals surface area contributed by atoms with E-state index < -0.39 is 0 Å². The van der Waals surface area contributed by atoms with E-state index >= 15 is 0 Å². The quantitative estimate of drug-likeness (QED) is 0.771. The summed E-state index contributed by atoms with van der Waals surface area (Å²) in [6.45, 7) is 7.83. The van der Waals surface area contributed by atoms with Crippen LogP contribution in [0.3, 0.4) is 0 Å². The summed E-state index contributed by atoms with van der Waals surface area (Å²) in [5.41, 5.74) is 1.80. The first-order valence-electron chi connectivity index (χ1n) is 9.37. The number of aryl methyl sites for hydroxylation is 1. The Hall–Kier alpha value is -2.47. The highest BCUT2D eigenvalue weighted by Crippen LogP contribution is 2.11. The number of carbonyl (C=O) groups is 1. The van der Waals surface area contributed by atoms with Crippen molar-refractivity contribution in [3.05, 3.63) is 53.9 Å². The summed E-state index contributed by atoms with van der Waals surface area (Å²) in [5, 5.41) is 2.94. The summed E-state index contributed by atoms with van der Waals surface area (Å²) in [7, 11) is 0. The minimum Gasteiger partial charge on any atom is -0.352 e. The predicted molar refractivity (Wildman–Crippen MR) is 103 cm³/mol. The van der Waals surface area contributed by atoms with Gasteiger partial charge in [-0.2, -0.15) is 0 Å². The van der Waals surface area contributed by atoms with Gasteiger partial charge in [0.05, 0.1) is 5.56 Å². The topological polar surface area (TPSA) is 61.4 Å². The molecule has 0 atom stereocenters. The van der Waals surface area contributed by atoms with Crippen molar-refractivity contribution >= 4 is 11.9 Å². The number of likely N-dealkylation sites (N-methyl/N-ethyl adjacent to an activating group) is 1. The van der Waals surface area contributed by atoms with E-state index in [0.29, 0.717) is 18.1 Å². The van der Waals surface area contributed by atoms with Gasteiger partial charge in [-0.3, -0.25) is 4.79 Å². The third-order valence-corrected chi connectivity index (χ3v) is 4.77. The van der Waals surface area contributed by atoms with Gasteiger partial charge in [-0.05, 0) is 24.9 Å². The first-order valence-corrected chi connectivity index (χ1v) is 9.37. The maximum atomic E-state index is 12.2. The Morgan fingerprint density at radius 1 is 1.08 bits per heavy atom. The van der Waals surface area contributed by atoms with Crippen LogP contribution in [-0.2, 0) is 6.42 Å². The lowest BCUT2D eigenvalue weighted by Gasteiger charge is -2.33. The normalized spacial score (nSPS) is 15.0. The minimum atomic E-state index is -0.111. The van der Waals surface area contributed by atoms with Gasteiger partial charge in [0.25, 0.3) is 5.91 Å². The average Bonchev–Trinajstić information content (AvgIpc) is 2.72. The maximum absolute atomic E-state index is 12.2. The van der Waals surface area contributed by atoms with Crippen molar-refractivity contribution in [2.24, 2.45) is 0 Å². The fourth-order valence-electron chi connectivity index (χ4n) is 3.11. The highest BCUT2D eigenvalue weighted by Gasteiger charge is 2.18. The molecule has 0 spiro atoms. The number of rotatable bonds is 7. The summed E-state index contributed by atoms with van der Waals surface area (Å²) < 4.78 is 0. The molecule has 1 aromatic heterocycles. The average molecular weight is 353 g/mol. The van der Waals surface area contributed by atoms with Crippen LogP contribution >= 0.6 is 0 Å². The van der Waals surface area contributed by atoms with Crippen molar-refractivity contribution in [2.45, 2.75) is 19.8 Å². The molecule has 0 unspecified atom stereocenters. The lowest BCUT2D eigenvalue weighted by Crippen LogP contribution is -2.46. The van der Waals surface area contributed by atoms with E-state index in [1.165, 1.54) is 5.56 Å². The Labute approximate surface area is 155 Å². The molecule has 1 aliphatic heterocycles. The molecule has 2 heterocycles. The Morgan fingerprint density at radius 2 is 1.77 bits per heavy atom. The molecule has 1 amide bonds. The lowest BCUT2D eigenvalue weighted by molar-refractivity contribution is 0.0952. The summed E-state index contributed by atoms with van der Waals surface area (Å²) in [4.78, 5) is 25.6. The molecule has 6 heteroatoms. The predicted octanol–water partition coefficient (Wildman–Crippen LogP) is 1.98. The van der Waals surface area contributed by atoms with Gasteiger partial charge in [-0.25, -0.2) is 9.97 Å². The number of hydrogen-bond donors (Lipinski definition) is 1. The summed E-state index contributed by atoms with van der Waals surface area (Å²) in [6.07, 6.45) is 5.12. The number of aromatic nitrogens is 2. The number of nitrogens with zero attached hydrogens (tertiary/aromatic N) is 4. The van der Waals surface area contributed by atoms with Crippen LogP contribution in [0.1, 0.15) is 29.3 Å². The van der Waals surface area contributed by atoms with Crippen molar-refractivity contribution in [2.75, 3.05) is 44.2 Å². The smallest absolute Gasteiger partial charge is 0.254 e. The number of anilines is 1. The SMILES string of the molecule is CCN1CCN(c2ncc(C(=O)NCCCc3ccccc3)cn2)CC1. The van der Waals surface area contributed by atoms with Crippen molar-refractivity contribution in [3.63, 3.8) is 0 Å². The monoisotopic (exact) mass is 353 g/mol. The molecule has 0 saturated carbocycles. The molecule has 2 aromatic rings. The van der Waals surface area contributed by atoms with Gasteiger partial charge < -0.3 is 15.1 Å². The van der Waals surface area contributed by atoms with Gasteiger partial charge in [-0.1, -0.05) is 37.3 Å². The van der Waals surface area contributed by atoms with E-state index in [9.17, 15) is 4.79 Å². The van der Waals surface area contributed by atoms with Gasteiger partial charge >= 0.3 is 0 Å². The zero-order chi connectivity index (χ0) is 18.2. The van der Waals surface area contributed by atoms with Crippen molar-refractivity contribution in [1.82, 2.24) is 20.2 Å². The third-order valence-electron chi connectivity index (χ3n) is 4.77. The van der Waals surface area contributed by atoms with Gasteiger partial charge in [0, 0.05) is 45.1 Å². The number of hydrogen-bond acceptors (Lipinski definition) is 5. The van der Waals surface area contributed by atoms with Crippen molar-refractivity contribution in [1.29, 1.82) is 0 Å². The van der Waals surface area contributed by atoms with E-state index in [0.717, 1.165) is 45.6 Å². The third kappa shape index (κ3) is 5.02. The Balaban J connectivity index is 1.43. The second-order valence-electron chi connectivity index (χ2n) is 6.54. The van der Waals surface area contributed by atoms with Gasteiger partial charge in [0.2, 0.25) is 5.95 Å². The zero-order valence-electron chi connectivity index (χ0n) is 15.4. The van der Waals surface area contributed by atoms with Crippen molar-refractivity contribution in [3.8, 4) is 0 Å². The molecule has 0 radical (unpaired) electrons. The van der Waals surface area contributed by atoms with Crippen LogP contribution in [0.15, 0.2) is 42.7 Å². The Morgan fingerprint density at radius 3 is 2.42 bits per heavy atom. The molecule has 1 saturated heterocycles. The molecule has 1 aliphatic rings. The van der Waals surface area contributed by atoms with Crippen LogP contribution in [0.25, 0.3) is 0 Å². The highest BCUT2D eigenvalue weighted by atomic mass is 16.1. The van der Waals surface area contributed by atoms with E-state index in [1.807, 2.05) is 18.2 Å². The van der Waals surface area contributed by atoms with Crippen LogP contribution in [0.2, 0.25) is 0 Å². The standard InChI is InChI=1S/C20H27N5O/c1-2-24-11-13-25(14-12-24)20-22-15-18(16-23-20)19(26)21-10-6-9-17-7-4-3-5-8-17/h3-5,7-8,15-16H,2,6,9-14H2,1H3,(H,21,26). The molecule has 0 aliphatic carbocycles. The first-order chi connectivity index (χ1) is 12.8. The number of nitrogens with one attached hydrogen (secondary N) is 1. The van der Waals surface area contributed by atoms with Crippen molar-refractivity contribution < 1.29 is 4.79 Å². The van der Waals surface area contributed by atoms with Crippen LogP contribution < -0.4 is 10.2 Å². The van der Waals surface area contributed by atoms with E-state index in [4.69, 9.17) is 0 Å². The van der Waals surface area contributed by atoms with Crippen LogP contribution in [0.5, 0.6) is 0 Å². The highest BCUT2D eigenvalue weighted by molar-refractivity contribution is 5.93. The number of benzene rings is 1. The number of piperazine rings is 1. The summed E-state index contributed by atoms with van der Waals surface area (Å²) in [6, 6.07) is 10.3. The fraction of sp³-hybridized carbons (Fsp3) is 0.450. The van der Waals surface area contributed by atoms with Gasteiger partial charge in [0.1, 0.15) is 0 Å². The number of carbonyl (C=O) groups excluding carboxylic acids is 1. The molecule has 1 fully saturated rings. The maximum Gasteiger partial charge on any atom is 0.254 e. The molecular formula is C20H27N5O. The van der Waals surface area contributed by atoms with E-state index in [-0.39, 0.29) is 5.91 Å². The largest absolute Gasteiger partial charge is 0.352 e. The Kier molecular flexibility index (Phi) is 6.55. The molecule has 0 bridgehead atoms. The first kappa shape index (κ1) is 18.3. The van der Waals surface area contributed by atoms with Gasteiger partial charge in [0.15, 0.2) is 0 Å². The lowest BCUT2D eigenvalue weighted by atomic mass is 10.1. The van der Waals surface area contributed by atoms with E-state index in [2.05, 4.69) is 44.1 Å². The summed E-state index contributed by atoms with van der Waals surface area (Å²) >= 11 is 0. The van der Waals surface area contributed by atoms with Gasteiger partial charge in [-0.15, -0.1) is 0 Å². The molecule has 6 nitrogen and oxygen atoms in total. The second kappa shape index (κ2) is 9.29. The number of amides is 1. The fourth-order valence-corrected chi connectivity index (χ4v) is 3.11. The molecule has 1 N–H and O–H groups in total.